The first kappa shape index (κ1) is 12.1. The fourth-order valence-electron chi connectivity index (χ4n) is 1.71. The molecule has 0 radical (unpaired) electrons. The van der Waals surface area contributed by atoms with Crippen LogP contribution in [0.25, 0.3) is 0 Å². The van der Waals surface area contributed by atoms with Gasteiger partial charge >= 0.3 is 0 Å². The number of halogens is 1. The maximum Gasteiger partial charge on any atom is 0.143 e. The van der Waals surface area contributed by atoms with Crippen LogP contribution in [0.3, 0.4) is 0 Å². The molecule has 0 saturated heterocycles. The molecule has 18 heavy (non-hydrogen) atoms. The summed E-state index contributed by atoms with van der Waals surface area (Å²) in [6.45, 7) is 0.678. The topological polar surface area (TPSA) is 64.5 Å². The molecule has 0 unspecified atom stereocenters. The SMILES string of the molecule is N#Cc1c(F)cccc1NCCCc1ccn[nH]1. The van der Waals surface area contributed by atoms with Gasteiger partial charge in [-0.2, -0.15) is 10.4 Å². The van der Waals surface area contributed by atoms with Gasteiger partial charge in [0.15, 0.2) is 0 Å². The van der Waals surface area contributed by atoms with E-state index in [1.54, 1.807) is 18.3 Å². The lowest BCUT2D eigenvalue weighted by atomic mass is 10.1. The van der Waals surface area contributed by atoms with Crippen molar-refractivity contribution in [2.75, 3.05) is 11.9 Å². The van der Waals surface area contributed by atoms with E-state index in [1.165, 1.54) is 6.07 Å². The van der Waals surface area contributed by atoms with Gasteiger partial charge < -0.3 is 5.32 Å². The Hall–Kier alpha value is -2.35. The molecule has 0 amide bonds. The van der Waals surface area contributed by atoms with Crippen LogP contribution in [0.4, 0.5) is 10.1 Å². The van der Waals surface area contributed by atoms with Crippen LogP contribution in [-0.4, -0.2) is 16.7 Å². The van der Waals surface area contributed by atoms with E-state index in [9.17, 15) is 4.39 Å². The summed E-state index contributed by atoms with van der Waals surface area (Å²) in [5.74, 6) is -0.490. The number of rotatable bonds is 5. The van der Waals surface area contributed by atoms with Gasteiger partial charge in [-0.15, -0.1) is 0 Å². The van der Waals surface area contributed by atoms with Crippen molar-refractivity contribution in [3.05, 3.63) is 47.5 Å². The van der Waals surface area contributed by atoms with Crippen LogP contribution < -0.4 is 5.32 Å². The number of aromatic nitrogens is 2. The predicted octanol–water partition coefficient (Wildman–Crippen LogP) is 2.47. The Morgan fingerprint density at radius 1 is 1.39 bits per heavy atom. The predicted molar refractivity (Wildman–Crippen MR) is 66.5 cm³/mol. The van der Waals surface area contributed by atoms with Crippen molar-refractivity contribution in [2.45, 2.75) is 12.8 Å². The van der Waals surface area contributed by atoms with Crippen LogP contribution in [0.5, 0.6) is 0 Å². The number of H-pyrrole nitrogens is 1. The summed E-state index contributed by atoms with van der Waals surface area (Å²) < 4.78 is 13.3. The van der Waals surface area contributed by atoms with Gasteiger partial charge in [0.05, 0.1) is 5.69 Å². The van der Waals surface area contributed by atoms with E-state index in [4.69, 9.17) is 5.26 Å². The van der Waals surface area contributed by atoms with Crippen molar-refractivity contribution >= 4 is 5.69 Å². The molecule has 92 valence electrons. The Morgan fingerprint density at radius 2 is 2.28 bits per heavy atom. The first-order valence-corrected chi connectivity index (χ1v) is 5.72. The number of anilines is 1. The minimum Gasteiger partial charge on any atom is -0.384 e. The monoisotopic (exact) mass is 244 g/mol. The molecule has 5 heteroatoms. The highest BCUT2D eigenvalue weighted by Crippen LogP contribution is 2.17. The van der Waals surface area contributed by atoms with E-state index < -0.39 is 5.82 Å². The highest BCUT2D eigenvalue weighted by molar-refractivity contribution is 5.57. The molecule has 0 aliphatic carbocycles. The van der Waals surface area contributed by atoms with Crippen LogP contribution in [0.2, 0.25) is 0 Å². The summed E-state index contributed by atoms with van der Waals surface area (Å²) in [7, 11) is 0. The third kappa shape index (κ3) is 2.86. The summed E-state index contributed by atoms with van der Waals surface area (Å²) in [5.41, 5.74) is 1.68. The van der Waals surface area contributed by atoms with Crippen molar-refractivity contribution in [3.63, 3.8) is 0 Å². The van der Waals surface area contributed by atoms with Gasteiger partial charge in [0.1, 0.15) is 17.4 Å². The molecule has 0 spiro atoms. The fourth-order valence-corrected chi connectivity index (χ4v) is 1.71. The largest absolute Gasteiger partial charge is 0.384 e. The van der Waals surface area contributed by atoms with Gasteiger partial charge in [-0.1, -0.05) is 6.07 Å². The number of nitrogens with zero attached hydrogens (tertiary/aromatic N) is 2. The fraction of sp³-hybridized carbons (Fsp3) is 0.231. The van der Waals surface area contributed by atoms with Crippen molar-refractivity contribution < 1.29 is 4.39 Å². The Morgan fingerprint density at radius 3 is 3.00 bits per heavy atom. The summed E-state index contributed by atoms with van der Waals surface area (Å²) in [5, 5.41) is 18.7. The molecule has 0 aliphatic rings. The summed E-state index contributed by atoms with van der Waals surface area (Å²) in [6.07, 6.45) is 3.46. The second-order valence-electron chi connectivity index (χ2n) is 3.89. The van der Waals surface area contributed by atoms with E-state index in [0.717, 1.165) is 18.5 Å². The molecular weight excluding hydrogens is 231 g/mol. The smallest absolute Gasteiger partial charge is 0.143 e. The zero-order chi connectivity index (χ0) is 12.8. The number of aromatic amines is 1. The van der Waals surface area contributed by atoms with Gasteiger partial charge in [-0.3, -0.25) is 5.10 Å². The Balaban J connectivity index is 1.87. The van der Waals surface area contributed by atoms with Crippen molar-refractivity contribution in [1.29, 1.82) is 5.26 Å². The lowest BCUT2D eigenvalue weighted by Crippen LogP contribution is -2.05. The van der Waals surface area contributed by atoms with Crippen LogP contribution in [0.15, 0.2) is 30.5 Å². The first-order valence-electron chi connectivity index (χ1n) is 5.72. The highest BCUT2D eigenvalue weighted by atomic mass is 19.1. The number of nitriles is 1. The number of aryl methyl sites for hydroxylation is 1. The van der Waals surface area contributed by atoms with E-state index in [0.29, 0.717) is 12.2 Å². The molecule has 0 bridgehead atoms. The second kappa shape index (κ2) is 5.82. The van der Waals surface area contributed by atoms with Gasteiger partial charge in [0.25, 0.3) is 0 Å². The number of hydrogen-bond donors (Lipinski definition) is 2. The van der Waals surface area contributed by atoms with Crippen LogP contribution in [0, 0.1) is 17.1 Å². The molecule has 0 aliphatic heterocycles. The van der Waals surface area contributed by atoms with Crippen molar-refractivity contribution in [3.8, 4) is 6.07 Å². The molecule has 2 rings (SSSR count). The number of hydrogen-bond acceptors (Lipinski definition) is 3. The third-order valence-electron chi connectivity index (χ3n) is 2.62. The molecule has 2 aromatic rings. The molecule has 1 aromatic carbocycles. The van der Waals surface area contributed by atoms with E-state index in [-0.39, 0.29) is 5.56 Å². The van der Waals surface area contributed by atoms with E-state index in [2.05, 4.69) is 15.5 Å². The van der Waals surface area contributed by atoms with E-state index in [1.807, 2.05) is 12.1 Å². The van der Waals surface area contributed by atoms with Crippen LogP contribution in [0.1, 0.15) is 17.7 Å². The minimum absolute atomic E-state index is 0.0686. The maximum atomic E-state index is 13.3. The number of benzene rings is 1. The quantitative estimate of drug-likeness (QED) is 0.794. The second-order valence-corrected chi connectivity index (χ2v) is 3.89. The molecule has 0 saturated carbocycles. The normalized spacial score (nSPS) is 10.0. The molecule has 0 atom stereocenters. The van der Waals surface area contributed by atoms with Gasteiger partial charge in [0.2, 0.25) is 0 Å². The molecule has 2 N–H and O–H groups in total. The average Bonchev–Trinajstić information content (AvgIpc) is 2.88. The molecule has 4 nitrogen and oxygen atoms in total. The average molecular weight is 244 g/mol. The third-order valence-corrected chi connectivity index (χ3v) is 2.62. The van der Waals surface area contributed by atoms with Gasteiger partial charge in [0, 0.05) is 18.4 Å². The molecule has 1 aromatic heterocycles. The Kier molecular flexibility index (Phi) is 3.92. The summed E-state index contributed by atoms with van der Waals surface area (Å²) in [6, 6.07) is 8.37. The highest BCUT2D eigenvalue weighted by Gasteiger charge is 2.06. The van der Waals surface area contributed by atoms with Crippen molar-refractivity contribution in [2.24, 2.45) is 0 Å². The maximum absolute atomic E-state index is 13.3. The van der Waals surface area contributed by atoms with Crippen LogP contribution in [-0.2, 0) is 6.42 Å². The minimum atomic E-state index is -0.490. The summed E-state index contributed by atoms with van der Waals surface area (Å²) >= 11 is 0. The molecule has 0 fully saturated rings. The molecule has 1 heterocycles. The molecular formula is C13H13FN4. The summed E-state index contributed by atoms with van der Waals surface area (Å²) in [4.78, 5) is 0. The van der Waals surface area contributed by atoms with Gasteiger partial charge in [-0.25, -0.2) is 4.39 Å². The zero-order valence-electron chi connectivity index (χ0n) is 9.78. The number of nitrogens with one attached hydrogen (secondary N) is 2. The first-order chi connectivity index (χ1) is 8.81. The Labute approximate surface area is 104 Å². The zero-order valence-corrected chi connectivity index (χ0v) is 9.78. The lowest BCUT2D eigenvalue weighted by molar-refractivity contribution is 0.624. The van der Waals surface area contributed by atoms with E-state index >= 15 is 0 Å². The van der Waals surface area contributed by atoms with Crippen LogP contribution >= 0.6 is 0 Å². The standard InChI is InChI=1S/C13H13FN4/c14-12-4-1-5-13(11(12)9-15)16-7-2-3-10-6-8-17-18-10/h1,4-6,8,16H,2-3,7H2,(H,17,18). The van der Waals surface area contributed by atoms with Gasteiger partial charge in [-0.05, 0) is 31.0 Å². The van der Waals surface area contributed by atoms with Crippen molar-refractivity contribution in [1.82, 2.24) is 10.2 Å². The Bertz CT molecular complexity index is 543. The lowest BCUT2D eigenvalue weighted by Gasteiger charge is -2.07.